The molecule has 0 radical (unpaired) electrons. The maximum atomic E-state index is 12.8. The van der Waals surface area contributed by atoms with Gasteiger partial charge in [-0.25, -0.2) is 9.18 Å². The van der Waals surface area contributed by atoms with E-state index in [9.17, 15) is 14.0 Å². The Hall–Kier alpha value is -3.40. The van der Waals surface area contributed by atoms with Crippen LogP contribution in [0.5, 0.6) is 5.75 Å². The first-order valence-corrected chi connectivity index (χ1v) is 7.37. The molecule has 128 valence electrons. The van der Waals surface area contributed by atoms with Gasteiger partial charge in [-0.1, -0.05) is 0 Å². The standard InChI is InChI=1S/C18H15FN2O4/c1-12(18(23)21-15-6-2-13(10-20)3-7-15)25-17(22)11-24-16-8-4-14(19)5-9-16/h2-9,12H,11H2,1H3,(H,21,23)/t12-/m1/s1. The minimum atomic E-state index is -1.03. The molecule has 0 heterocycles. The minimum Gasteiger partial charge on any atom is -0.482 e. The lowest BCUT2D eigenvalue weighted by molar-refractivity contribution is -0.155. The summed E-state index contributed by atoms with van der Waals surface area (Å²) < 4.78 is 22.9. The van der Waals surface area contributed by atoms with Crippen molar-refractivity contribution in [1.29, 1.82) is 5.26 Å². The number of nitriles is 1. The van der Waals surface area contributed by atoms with Crippen LogP contribution in [-0.4, -0.2) is 24.6 Å². The number of benzene rings is 2. The second kappa shape index (κ2) is 8.45. The van der Waals surface area contributed by atoms with Gasteiger partial charge in [0.1, 0.15) is 11.6 Å². The fourth-order valence-electron chi connectivity index (χ4n) is 1.83. The van der Waals surface area contributed by atoms with Crippen LogP contribution in [0.25, 0.3) is 0 Å². The lowest BCUT2D eigenvalue weighted by atomic mass is 10.2. The Labute approximate surface area is 143 Å². The molecule has 7 heteroatoms. The summed E-state index contributed by atoms with van der Waals surface area (Å²) in [5.41, 5.74) is 0.949. The van der Waals surface area contributed by atoms with Crippen molar-refractivity contribution < 1.29 is 23.5 Å². The van der Waals surface area contributed by atoms with E-state index in [0.717, 1.165) is 0 Å². The highest BCUT2D eigenvalue weighted by molar-refractivity contribution is 5.95. The molecule has 0 aromatic heterocycles. The van der Waals surface area contributed by atoms with Crippen LogP contribution >= 0.6 is 0 Å². The number of amides is 1. The Morgan fingerprint density at radius 2 is 1.80 bits per heavy atom. The summed E-state index contributed by atoms with van der Waals surface area (Å²) in [4.78, 5) is 23.7. The summed E-state index contributed by atoms with van der Waals surface area (Å²) in [6, 6.07) is 13.4. The summed E-state index contributed by atoms with van der Waals surface area (Å²) in [6.45, 7) is 1.02. The number of nitrogens with zero attached hydrogens (tertiary/aromatic N) is 1. The molecule has 0 saturated carbocycles. The molecule has 2 aromatic carbocycles. The van der Waals surface area contributed by atoms with Crippen LogP contribution in [0.4, 0.5) is 10.1 Å². The number of nitrogens with one attached hydrogen (secondary N) is 1. The summed E-state index contributed by atoms with van der Waals surface area (Å²) in [6.07, 6.45) is -1.03. The van der Waals surface area contributed by atoms with Crippen molar-refractivity contribution in [2.24, 2.45) is 0 Å². The first kappa shape index (κ1) is 17.9. The molecule has 0 unspecified atom stereocenters. The topological polar surface area (TPSA) is 88.4 Å². The summed E-state index contributed by atoms with van der Waals surface area (Å²) >= 11 is 0. The molecule has 0 fully saturated rings. The molecule has 6 nitrogen and oxygen atoms in total. The predicted octanol–water partition coefficient (Wildman–Crippen LogP) is 2.65. The second-order valence-electron chi connectivity index (χ2n) is 5.05. The lowest BCUT2D eigenvalue weighted by Crippen LogP contribution is -2.31. The number of hydrogen-bond acceptors (Lipinski definition) is 5. The number of rotatable bonds is 6. The van der Waals surface area contributed by atoms with Gasteiger partial charge in [-0.3, -0.25) is 4.79 Å². The van der Waals surface area contributed by atoms with Crippen molar-refractivity contribution in [3.63, 3.8) is 0 Å². The zero-order valence-corrected chi connectivity index (χ0v) is 13.4. The summed E-state index contributed by atoms with van der Waals surface area (Å²) in [5.74, 6) is -1.34. The molecule has 25 heavy (non-hydrogen) atoms. The van der Waals surface area contributed by atoms with Gasteiger partial charge < -0.3 is 14.8 Å². The second-order valence-corrected chi connectivity index (χ2v) is 5.05. The zero-order valence-electron chi connectivity index (χ0n) is 13.4. The zero-order chi connectivity index (χ0) is 18.2. The Balaban J connectivity index is 1.80. The molecule has 2 rings (SSSR count). The number of ether oxygens (including phenoxy) is 2. The molecule has 0 aliphatic heterocycles. The minimum absolute atomic E-state index is 0.313. The highest BCUT2D eigenvalue weighted by Crippen LogP contribution is 2.12. The van der Waals surface area contributed by atoms with Gasteiger partial charge in [-0.05, 0) is 55.5 Å². The van der Waals surface area contributed by atoms with Crippen molar-refractivity contribution >= 4 is 17.6 Å². The van der Waals surface area contributed by atoms with Gasteiger partial charge in [0.05, 0.1) is 11.6 Å². The predicted molar refractivity (Wildman–Crippen MR) is 87.2 cm³/mol. The van der Waals surface area contributed by atoms with E-state index in [1.54, 1.807) is 24.3 Å². The van der Waals surface area contributed by atoms with Crippen LogP contribution in [0, 0.1) is 17.1 Å². The van der Waals surface area contributed by atoms with E-state index in [1.807, 2.05) is 6.07 Å². The average Bonchev–Trinajstić information content (AvgIpc) is 2.61. The van der Waals surface area contributed by atoms with E-state index in [1.165, 1.54) is 31.2 Å². The number of halogens is 1. The average molecular weight is 342 g/mol. The van der Waals surface area contributed by atoms with Gasteiger partial charge in [-0.15, -0.1) is 0 Å². The molecule has 0 aliphatic carbocycles. The van der Waals surface area contributed by atoms with Crippen LogP contribution < -0.4 is 10.1 Å². The first-order valence-electron chi connectivity index (χ1n) is 7.37. The van der Waals surface area contributed by atoms with Crippen LogP contribution in [0.2, 0.25) is 0 Å². The Morgan fingerprint density at radius 3 is 2.40 bits per heavy atom. The van der Waals surface area contributed by atoms with Gasteiger partial charge in [0.25, 0.3) is 5.91 Å². The van der Waals surface area contributed by atoms with Crippen LogP contribution in [0.1, 0.15) is 12.5 Å². The van der Waals surface area contributed by atoms with E-state index in [2.05, 4.69) is 5.32 Å². The third kappa shape index (κ3) is 5.62. The van der Waals surface area contributed by atoms with E-state index in [-0.39, 0.29) is 0 Å². The van der Waals surface area contributed by atoms with Crippen LogP contribution in [0.15, 0.2) is 48.5 Å². The molecule has 0 aliphatic rings. The molecule has 1 N–H and O–H groups in total. The summed E-state index contributed by atoms with van der Waals surface area (Å²) in [7, 11) is 0. The van der Waals surface area contributed by atoms with Crippen molar-refractivity contribution in [2.45, 2.75) is 13.0 Å². The molecule has 0 bridgehead atoms. The Bertz CT molecular complexity index is 782. The first-order chi connectivity index (χ1) is 12.0. The highest BCUT2D eigenvalue weighted by Gasteiger charge is 2.18. The van der Waals surface area contributed by atoms with Gasteiger partial charge >= 0.3 is 5.97 Å². The molecule has 1 amide bonds. The van der Waals surface area contributed by atoms with Crippen molar-refractivity contribution in [2.75, 3.05) is 11.9 Å². The summed E-state index contributed by atoms with van der Waals surface area (Å²) in [5, 5.41) is 11.3. The fourth-order valence-corrected chi connectivity index (χ4v) is 1.83. The van der Waals surface area contributed by atoms with Gasteiger partial charge in [-0.2, -0.15) is 5.26 Å². The lowest BCUT2D eigenvalue weighted by Gasteiger charge is -2.14. The highest BCUT2D eigenvalue weighted by atomic mass is 19.1. The molecule has 0 spiro atoms. The Kier molecular flexibility index (Phi) is 6.07. The maximum Gasteiger partial charge on any atom is 0.344 e. The van der Waals surface area contributed by atoms with Crippen molar-refractivity contribution in [3.8, 4) is 11.8 Å². The van der Waals surface area contributed by atoms with Gasteiger partial charge in [0, 0.05) is 5.69 Å². The number of carbonyl (C=O) groups is 2. The van der Waals surface area contributed by atoms with Gasteiger partial charge in [0.15, 0.2) is 12.7 Å². The SMILES string of the molecule is C[C@@H](OC(=O)COc1ccc(F)cc1)C(=O)Nc1ccc(C#N)cc1. The van der Waals surface area contributed by atoms with E-state index in [4.69, 9.17) is 14.7 Å². The molecule has 1 atom stereocenters. The number of carbonyl (C=O) groups excluding carboxylic acids is 2. The van der Waals surface area contributed by atoms with Crippen molar-refractivity contribution in [1.82, 2.24) is 0 Å². The maximum absolute atomic E-state index is 12.8. The largest absolute Gasteiger partial charge is 0.482 e. The smallest absolute Gasteiger partial charge is 0.344 e. The number of hydrogen-bond donors (Lipinski definition) is 1. The van der Waals surface area contributed by atoms with E-state index in [0.29, 0.717) is 17.0 Å². The molecule has 0 saturated heterocycles. The third-order valence-corrected chi connectivity index (χ3v) is 3.13. The van der Waals surface area contributed by atoms with Crippen LogP contribution in [0.3, 0.4) is 0 Å². The molecular weight excluding hydrogens is 327 g/mol. The van der Waals surface area contributed by atoms with Gasteiger partial charge in [0.2, 0.25) is 0 Å². The van der Waals surface area contributed by atoms with E-state index < -0.39 is 30.4 Å². The molecular formula is C18H15FN2O4. The quantitative estimate of drug-likeness (QED) is 0.815. The Morgan fingerprint density at radius 1 is 1.16 bits per heavy atom. The normalized spacial score (nSPS) is 11.1. The number of anilines is 1. The third-order valence-electron chi connectivity index (χ3n) is 3.13. The number of esters is 1. The van der Waals surface area contributed by atoms with Crippen LogP contribution in [-0.2, 0) is 14.3 Å². The van der Waals surface area contributed by atoms with E-state index >= 15 is 0 Å². The molecule has 2 aromatic rings. The fraction of sp³-hybridized carbons (Fsp3) is 0.167. The van der Waals surface area contributed by atoms with Crippen molar-refractivity contribution in [3.05, 3.63) is 59.9 Å². The monoisotopic (exact) mass is 342 g/mol.